The Morgan fingerprint density at radius 2 is 2.05 bits per heavy atom. The number of benzene rings is 1. The Morgan fingerprint density at radius 1 is 1.27 bits per heavy atom. The van der Waals surface area contributed by atoms with Crippen LogP contribution in [0.4, 0.5) is 0 Å². The molecule has 0 saturated carbocycles. The minimum Gasteiger partial charge on any atom is -0.304 e. The maximum atomic E-state index is 12.2. The summed E-state index contributed by atoms with van der Waals surface area (Å²) in [7, 11) is 1.92. The van der Waals surface area contributed by atoms with E-state index in [2.05, 4.69) is 32.8 Å². The molecule has 0 saturated heterocycles. The summed E-state index contributed by atoms with van der Waals surface area (Å²) in [6.45, 7) is 0. The van der Waals surface area contributed by atoms with Gasteiger partial charge in [0.05, 0.1) is 10.6 Å². The molecule has 0 amide bonds. The Hall–Kier alpha value is -1.19. The third kappa shape index (κ3) is 3.41. The van der Waals surface area contributed by atoms with E-state index in [1.165, 1.54) is 11.8 Å². The van der Waals surface area contributed by atoms with Gasteiger partial charge in [-0.3, -0.25) is 4.79 Å². The van der Waals surface area contributed by atoms with Crippen LogP contribution in [0.3, 0.4) is 0 Å². The van der Waals surface area contributed by atoms with Crippen molar-refractivity contribution in [2.45, 2.75) is 5.16 Å². The number of thiophene rings is 1. The van der Waals surface area contributed by atoms with Crippen LogP contribution in [0.5, 0.6) is 0 Å². The summed E-state index contributed by atoms with van der Waals surface area (Å²) < 4.78 is 3.05. The minimum atomic E-state index is 0.0991. The predicted octanol–water partition coefficient (Wildman–Crippen LogP) is 4.12. The van der Waals surface area contributed by atoms with Crippen molar-refractivity contribution in [3.8, 4) is 10.7 Å². The zero-order valence-corrected chi connectivity index (χ0v) is 15.5. The molecule has 0 fully saturated rings. The van der Waals surface area contributed by atoms with Gasteiger partial charge in [0.15, 0.2) is 16.8 Å². The monoisotopic (exact) mass is 441 g/mol. The highest BCUT2D eigenvalue weighted by Crippen LogP contribution is 2.26. The van der Waals surface area contributed by atoms with Gasteiger partial charge in [-0.2, -0.15) is 0 Å². The van der Waals surface area contributed by atoms with Gasteiger partial charge in [-0.25, -0.2) is 0 Å². The fourth-order valence-electron chi connectivity index (χ4n) is 1.91. The summed E-state index contributed by atoms with van der Waals surface area (Å²) in [5.74, 6) is 1.29. The Bertz CT molecular complexity index is 782. The highest BCUT2D eigenvalue weighted by Gasteiger charge is 2.14. The lowest BCUT2D eigenvalue weighted by atomic mass is 10.2. The number of thioether (sulfide) groups is 1. The molecule has 3 aromatic rings. The first-order chi connectivity index (χ1) is 10.6. The Morgan fingerprint density at radius 3 is 2.73 bits per heavy atom. The second kappa shape index (κ2) is 6.93. The number of carbonyl (C=O) groups is 1. The molecule has 1 aromatic carbocycles. The van der Waals surface area contributed by atoms with Crippen LogP contribution in [0.15, 0.2) is 46.9 Å². The lowest BCUT2D eigenvalue weighted by molar-refractivity contribution is 0.102. The van der Waals surface area contributed by atoms with E-state index in [1.54, 1.807) is 11.3 Å². The molecule has 2 heterocycles. The Labute approximate surface area is 150 Å². The van der Waals surface area contributed by atoms with Crippen LogP contribution in [0.25, 0.3) is 10.7 Å². The number of hydrogen-bond donors (Lipinski definition) is 0. The van der Waals surface area contributed by atoms with Crippen LogP contribution >= 0.6 is 45.7 Å². The molecule has 0 bridgehead atoms. The molecule has 7 heteroatoms. The van der Waals surface area contributed by atoms with E-state index < -0.39 is 0 Å². The highest BCUT2D eigenvalue weighted by atomic mass is 127. The van der Waals surface area contributed by atoms with Crippen molar-refractivity contribution in [3.63, 3.8) is 0 Å². The van der Waals surface area contributed by atoms with Crippen molar-refractivity contribution in [1.82, 2.24) is 14.8 Å². The zero-order chi connectivity index (χ0) is 15.5. The number of halogens is 1. The minimum absolute atomic E-state index is 0.0991. The van der Waals surface area contributed by atoms with E-state index in [9.17, 15) is 4.79 Å². The largest absolute Gasteiger partial charge is 0.304 e. The number of Topliss-reactive ketones (excluding diaryl/α,β-unsaturated/α-hetero) is 1. The number of aromatic nitrogens is 3. The van der Waals surface area contributed by atoms with E-state index in [1.807, 2.05) is 53.4 Å². The second-order valence-electron chi connectivity index (χ2n) is 4.56. The number of carbonyl (C=O) groups excluding carboxylic acids is 1. The van der Waals surface area contributed by atoms with Gasteiger partial charge in [0.1, 0.15) is 0 Å². The van der Waals surface area contributed by atoms with Crippen LogP contribution in [-0.4, -0.2) is 26.3 Å². The number of ketones is 1. The molecule has 0 N–H and O–H groups in total. The van der Waals surface area contributed by atoms with E-state index in [0.29, 0.717) is 5.75 Å². The van der Waals surface area contributed by atoms with Crippen molar-refractivity contribution >= 4 is 51.5 Å². The molecule has 0 aliphatic carbocycles. The molecule has 22 heavy (non-hydrogen) atoms. The first kappa shape index (κ1) is 15.7. The molecule has 2 aromatic heterocycles. The van der Waals surface area contributed by atoms with Crippen LogP contribution in [0.1, 0.15) is 10.4 Å². The van der Waals surface area contributed by atoms with Crippen LogP contribution in [-0.2, 0) is 7.05 Å². The van der Waals surface area contributed by atoms with Gasteiger partial charge in [0.2, 0.25) is 0 Å². The molecule has 0 unspecified atom stereocenters. The number of rotatable bonds is 5. The first-order valence-corrected chi connectivity index (χ1v) is 9.44. The maximum absolute atomic E-state index is 12.2. The normalized spacial score (nSPS) is 10.8. The van der Waals surface area contributed by atoms with Gasteiger partial charge < -0.3 is 4.57 Å². The lowest BCUT2D eigenvalue weighted by Gasteiger charge is -2.03. The van der Waals surface area contributed by atoms with Crippen molar-refractivity contribution in [1.29, 1.82) is 0 Å². The Balaban J connectivity index is 1.69. The van der Waals surface area contributed by atoms with Crippen molar-refractivity contribution in [3.05, 3.63) is 50.9 Å². The topological polar surface area (TPSA) is 47.8 Å². The van der Waals surface area contributed by atoms with Gasteiger partial charge >= 0.3 is 0 Å². The quantitative estimate of drug-likeness (QED) is 0.340. The molecule has 0 spiro atoms. The summed E-state index contributed by atoms with van der Waals surface area (Å²) >= 11 is 5.27. The second-order valence-corrected chi connectivity index (χ2v) is 7.70. The standard InChI is InChI=1S/C15H12IN3OS2/c1-19-14(13-3-2-8-21-13)17-18-15(19)22-9-12(20)10-4-6-11(16)7-5-10/h2-8H,9H2,1H3. The fraction of sp³-hybridized carbons (Fsp3) is 0.133. The smallest absolute Gasteiger partial charge is 0.191 e. The predicted molar refractivity (Wildman–Crippen MR) is 98.5 cm³/mol. The molecule has 0 radical (unpaired) electrons. The average molecular weight is 441 g/mol. The maximum Gasteiger partial charge on any atom is 0.191 e. The molecule has 0 atom stereocenters. The summed E-state index contributed by atoms with van der Waals surface area (Å²) in [5, 5.41) is 11.2. The number of hydrogen-bond acceptors (Lipinski definition) is 5. The summed E-state index contributed by atoms with van der Waals surface area (Å²) in [6.07, 6.45) is 0. The van der Waals surface area contributed by atoms with Crippen LogP contribution in [0, 0.1) is 3.57 Å². The first-order valence-electron chi connectivity index (χ1n) is 6.50. The Kier molecular flexibility index (Phi) is 4.94. The van der Waals surface area contributed by atoms with Gasteiger partial charge in [-0.15, -0.1) is 21.5 Å². The van der Waals surface area contributed by atoms with E-state index in [0.717, 1.165) is 25.0 Å². The summed E-state index contributed by atoms with van der Waals surface area (Å²) in [5.41, 5.74) is 0.730. The summed E-state index contributed by atoms with van der Waals surface area (Å²) in [4.78, 5) is 13.3. The molecule has 3 rings (SSSR count). The third-order valence-electron chi connectivity index (χ3n) is 3.08. The number of nitrogens with zero attached hydrogens (tertiary/aromatic N) is 3. The van der Waals surface area contributed by atoms with Gasteiger partial charge in [0.25, 0.3) is 0 Å². The SMILES string of the molecule is Cn1c(SCC(=O)c2ccc(I)cc2)nnc1-c1cccs1. The van der Waals surface area contributed by atoms with Crippen molar-refractivity contribution in [2.75, 3.05) is 5.75 Å². The summed E-state index contributed by atoms with van der Waals surface area (Å²) in [6, 6.07) is 11.6. The lowest BCUT2D eigenvalue weighted by Crippen LogP contribution is -2.03. The van der Waals surface area contributed by atoms with E-state index >= 15 is 0 Å². The fourth-order valence-corrected chi connectivity index (χ4v) is 3.82. The molecular formula is C15H12IN3OS2. The molecule has 4 nitrogen and oxygen atoms in total. The molecule has 0 aliphatic rings. The molecule has 112 valence electrons. The van der Waals surface area contributed by atoms with Gasteiger partial charge in [-0.05, 0) is 46.2 Å². The van der Waals surface area contributed by atoms with E-state index in [4.69, 9.17) is 0 Å². The van der Waals surface area contributed by atoms with Crippen LogP contribution in [0.2, 0.25) is 0 Å². The van der Waals surface area contributed by atoms with Crippen molar-refractivity contribution < 1.29 is 4.79 Å². The molecular weight excluding hydrogens is 429 g/mol. The highest BCUT2D eigenvalue weighted by molar-refractivity contribution is 14.1. The molecule has 0 aliphatic heterocycles. The van der Waals surface area contributed by atoms with Crippen LogP contribution < -0.4 is 0 Å². The zero-order valence-electron chi connectivity index (χ0n) is 11.7. The van der Waals surface area contributed by atoms with Crippen molar-refractivity contribution in [2.24, 2.45) is 7.05 Å². The third-order valence-corrected chi connectivity index (χ3v) is 5.68. The van der Waals surface area contributed by atoms with Gasteiger partial charge in [-0.1, -0.05) is 30.0 Å². The van der Waals surface area contributed by atoms with Gasteiger partial charge in [0, 0.05) is 16.2 Å². The average Bonchev–Trinajstić information content (AvgIpc) is 3.15. The van der Waals surface area contributed by atoms with E-state index in [-0.39, 0.29) is 5.78 Å².